The molecule has 0 bridgehead atoms. The van der Waals surface area contributed by atoms with E-state index in [1.165, 1.54) is 38.8 Å². The molecule has 1 atom stereocenters. The molecule has 4 aliphatic rings. The SMILES string of the molecule is CC(C)(C)OC(=O)N1CCC(=O)CC1.CC(C)(C)OC(=O)N1CCC(N2CCC[C@H](C3CC3)C2)CC1. The number of carbonyl (C=O) groups excluding carboxylic acids is 3. The molecule has 3 heterocycles. The molecule has 4 fully saturated rings. The quantitative estimate of drug-likeness (QED) is 0.518. The maximum Gasteiger partial charge on any atom is 0.410 e. The smallest absolute Gasteiger partial charge is 0.410 e. The minimum atomic E-state index is -0.460. The summed E-state index contributed by atoms with van der Waals surface area (Å²) < 4.78 is 10.7. The number of hydrogen-bond acceptors (Lipinski definition) is 6. The number of ether oxygens (including phenoxy) is 2. The third kappa shape index (κ3) is 9.56. The van der Waals surface area contributed by atoms with Crippen molar-refractivity contribution in [1.29, 1.82) is 0 Å². The highest BCUT2D eigenvalue weighted by molar-refractivity contribution is 5.81. The summed E-state index contributed by atoms with van der Waals surface area (Å²) in [6, 6.07) is 0.681. The molecule has 1 saturated carbocycles. The van der Waals surface area contributed by atoms with Gasteiger partial charge in [-0.05, 0) is 98.4 Å². The molecule has 3 aliphatic heterocycles. The number of Topliss-reactive ketones (excluding diaryl/α,β-unsaturated/α-hetero) is 1. The molecule has 4 rings (SSSR count). The number of amides is 2. The van der Waals surface area contributed by atoms with Crippen LogP contribution >= 0.6 is 0 Å². The van der Waals surface area contributed by atoms with Crippen LogP contribution in [0.2, 0.25) is 0 Å². The van der Waals surface area contributed by atoms with E-state index >= 15 is 0 Å². The number of hydrogen-bond donors (Lipinski definition) is 0. The average molecular weight is 508 g/mol. The first kappa shape index (κ1) is 28.7. The zero-order valence-corrected chi connectivity index (χ0v) is 23.5. The van der Waals surface area contributed by atoms with Crippen LogP contribution in [-0.2, 0) is 14.3 Å². The molecule has 206 valence electrons. The first-order chi connectivity index (χ1) is 16.8. The first-order valence-electron chi connectivity index (χ1n) is 14.0. The molecule has 2 amide bonds. The van der Waals surface area contributed by atoms with Crippen molar-refractivity contribution in [3.63, 3.8) is 0 Å². The average Bonchev–Trinajstić information content (AvgIpc) is 3.64. The predicted molar refractivity (Wildman–Crippen MR) is 140 cm³/mol. The number of rotatable bonds is 2. The van der Waals surface area contributed by atoms with Gasteiger partial charge in [0.15, 0.2) is 0 Å². The van der Waals surface area contributed by atoms with Crippen molar-refractivity contribution < 1.29 is 23.9 Å². The zero-order chi connectivity index (χ0) is 26.5. The maximum atomic E-state index is 12.1. The van der Waals surface area contributed by atoms with Gasteiger partial charge in [-0.3, -0.25) is 9.69 Å². The topological polar surface area (TPSA) is 79.4 Å². The van der Waals surface area contributed by atoms with E-state index < -0.39 is 11.2 Å². The van der Waals surface area contributed by atoms with Crippen LogP contribution in [0.4, 0.5) is 9.59 Å². The number of nitrogens with zero attached hydrogens (tertiary/aromatic N) is 3. The molecule has 0 radical (unpaired) electrons. The van der Waals surface area contributed by atoms with Gasteiger partial charge in [0.25, 0.3) is 0 Å². The summed E-state index contributed by atoms with van der Waals surface area (Å²) in [4.78, 5) is 40.8. The van der Waals surface area contributed by atoms with Gasteiger partial charge in [-0.2, -0.15) is 0 Å². The van der Waals surface area contributed by atoms with E-state index in [0.717, 1.165) is 37.8 Å². The van der Waals surface area contributed by atoms with E-state index in [9.17, 15) is 14.4 Å². The van der Waals surface area contributed by atoms with E-state index in [0.29, 0.717) is 32.0 Å². The third-order valence-corrected chi connectivity index (χ3v) is 7.38. The minimum absolute atomic E-state index is 0.138. The second-order valence-electron chi connectivity index (χ2n) is 12.9. The molecule has 0 aromatic carbocycles. The Morgan fingerprint density at radius 2 is 1.19 bits per heavy atom. The number of piperidine rings is 3. The van der Waals surface area contributed by atoms with E-state index in [1.54, 1.807) is 4.90 Å². The van der Waals surface area contributed by atoms with Gasteiger partial charge in [0.2, 0.25) is 0 Å². The Kier molecular flexibility index (Phi) is 9.69. The second kappa shape index (κ2) is 12.1. The van der Waals surface area contributed by atoms with Gasteiger partial charge >= 0.3 is 12.2 Å². The zero-order valence-electron chi connectivity index (χ0n) is 23.5. The van der Waals surface area contributed by atoms with Gasteiger partial charge in [-0.25, -0.2) is 9.59 Å². The largest absolute Gasteiger partial charge is 0.444 e. The van der Waals surface area contributed by atoms with Crippen LogP contribution in [0.3, 0.4) is 0 Å². The summed E-state index contributed by atoms with van der Waals surface area (Å²) in [6.07, 6.45) is 8.42. The van der Waals surface area contributed by atoms with E-state index in [-0.39, 0.29) is 18.0 Å². The Hall–Kier alpha value is -1.83. The Bertz CT molecular complexity index is 750. The summed E-state index contributed by atoms with van der Waals surface area (Å²) in [7, 11) is 0. The van der Waals surface area contributed by atoms with Crippen LogP contribution in [-0.4, -0.2) is 89.2 Å². The summed E-state index contributed by atoms with van der Waals surface area (Å²) >= 11 is 0. The first-order valence-corrected chi connectivity index (χ1v) is 14.0. The highest BCUT2D eigenvalue weighted by Gasteiger charge is 2.37. The van der Waals surface area contributed by atoms with Crippen LogP contribution in [0.5, 0.6) is 0 Å². The van der Waals surface area contributed by atoms with Crippen molar-refractivity contribution in [3.05, 3.63) is 0 Å². The number of likely N-dealkylation sites (tertiary alicyclic amines) is 3. The maximum absolute atomic E-state index is 12.1. The monoisotopic (exact) mass is 507 g/mol. The fourth-order valence-electron chi connectivity index (χ4n) is 5.33. The highest BCUT2D eigenvalue weighted by Crippen LogP contribution is 2.41. The molecular formula is C28H49N3O5. The van der Waals surface area contributed by atoms with Crippen molar-refractivity contribution in [2.45, 2.75) is 110 Å². The van der Waals surface area contributed by atoms with E-state index in [1.807, 2.05) is 46.4 Å². The minimum Gasteiger partial charge on any atom is -0.444 e. The fourth-order valence-corrected chi connectivity index (χ4v) is 5.33. The van der Waals surface area contributed by atoms with Crippen molar-refractivity contribution >= 4 is 18.0 Å². The molecule has 3 saturated heterocycles. The molecule has 0 aromatic rings. The van der Waals surface area contributed by atoms with Gasteiger partial charge in [-0.1, -0.05) is 0 Å². The molecule has 0 N–H and O–H groups in total. The third-order valence-electron chi connectivity index (χ3n) is 7.38. The highest BCUT2D eigenvalue weighted by atomic mass is 16.6. The van der Waals surface area contributed by atoms with Crippen molar-refractivity contribution in [3.8, 4) is 0 Å². The van der Waals surface area contributed by atoms with Crippen LogP contribution in [0, 0.1) is 11.8 Å². The lowest BCUT2D eigenvalue weighted by atomic mass is 9.91. The van der Waals surface area contributed by atoms with Crippen LogP contribution in [0.25, 0.3) is 0 Å². The lowest BCUT2D eigenvalue weighted by molar-refractivity contribution is -0.121. The van der Waals surface area contributed by atoms with E-state index in [4.69, 9.17) is 9.47 Å². The van der Waals surface area contributed by atoms with Gasteiger partial charge < -0.3 is 19.3 Å². The summed E-state index contributed by atoms with van der Waals surface area (Å²) in [5, 5.41) is 0. The van der Waals surface area contributed by atoms with Crippen LogP contribution in [0.1, 0.15) is 92.9 Å². The Morgan fingerprint density at radius 1 is 0.694 bits per heavy atom. The van der Waals surface area contributed by atoms with Gasteiger partial charge in [-0.15, -0.1) is 0 Å². The van der Waals surface area contributed by atoms with Crippen molar-refractivity contribution in [1.82, 2.24) is 14.7 Å². The predicted octanol–water partition coefficient (Wildman–Crippen LogP) is 5.09. The van der Waals surface area contributed by atoms with Gasteiger partial charge in [0.1, 0.15) is 17.0 Å². The summed E-state index contributed by atoms with van der Waals surface area (Å²) in [5.74, 6) is 2.21. The lowest BCUT2D eigenvalue weighted by Crippen LogP contribution is -2.50. The van der Waals surface area contributed by atoms with Crippen LogP contribution < -0.4 is 0 Å². The molecule has 0 aromatic heterocycles. The fraction of sp³-hybridized carbons (Fsp3) is 0.893. The molecule has 36 heavy (non-hydrogen) atoms. The Balaban J connectivity index is 0.000000223. The number of ketones is 1. The van der Waals surface area contributed by atoms with Crippen LogP contribution in [0.15, 0.2) is 0 Å². The molecule has 1 aliphatic carbocycles. The van der Waals surface area contributed by atoms with Crippen molar-refractivity contribution in [2.75, 3.05) is 39.3 Å². The Labute approximate surface area is 218 Å². The number of carbonyl (C=O) groups is 3. The molecule has 8 nitrogen and oxygen atoms in total. The lowest BCUT2D eigenvalue weighted by Gasteiger charge is -2.42. The molecule has 0 unspecified atom stereocenters. The Morgan fingerprint density at radius 3 is 1.67 bits per heavy atom. The van der Waals surface area contributed by atoms with Gasteiger partial charge in [0.05, 0.1) is 0 Å². The molecule has 8 heteroatoms. The van der Waals surface area contributed by atoms with Crippen molar-refractivity contribution in [2.24, 2.45) is 11.8 Å². The molecular weight excluding hydrogens is 458 g/mol. The second-order valence-corrected chi connectivity index (χ2v) is 12.9. The van der Waals surface area contributed by atoms with Gasteiger partial charge in [0, 0.05) is 51.6 Å². The van der Waals surface area contributed by atoms with E-state index in [2.05, 4.69) is 4.90 Å². The summed E-state index contributed by atoms with van der Waals surface area (Å²) in [6.45, 7) is 16.6. The molecule has 0 spiro atoms. The normalized spacial score (nSPS) is 24.6. The summed E-state index contributed by atoms with van der Waals surface area (Å²) in [5.41, 5.74) is -0.850. The standard InChI is InChI=1S/C18H32N2O2.C10H17NO3/c1-18(2,3)22-17(21)19-11-8-16(9-12-19)20-10-4-5-15(13-20)14-6-7-14;1-10(2,3)14-9(13)11-6-4-8(12)5-7-11/h14-16H,4-13H2,1-3H3;4-7H2,1-3H3/t15-;/m0./s1.